The molecule has 90 valence electrons. The predicted octanol–water partition coefficient (Wildman–Crippen LogP) is 4.89. The lowest BCUT2D eigenvalue weighted by Crippen LogP contribution is -2.07. The summed E-state index contributed by atoms with van der Waals surface area (Å²) in [5.74, 6) is 0. The number of rotatable bonds is 2. The van der Waals surface area contributed by atoms with Crippen molar-refractivity contribution in [3.05, 3.63) is 47.0 Å². The van der Waals surface area contributed by atoms with Crippen LogP contribution < -0.4 is 0 Å². The second kappa shape index (κ2) is 5.14. The first kappa shape index (κ1) is 12.5. The first-order chi connectivity index (χ1) is 8.19. The van der Waals surface area contributed by atoms with Crippen molar-refractivity contribution in [2.75, 3.05) is 0 Å². The number of thiol groups is 1. The van der Waals surface area contributed by atoms with Crippen LogP contribution in [0.5, 0.6) is 0 Å². The molecule has 0 fully saturated rings. The van der Waals surface area contributed by atoms with Crippen LogP contribution in [0, 0.1) is 0 Å². The summed E-state index contributed by atoms with van der Waals surface area (Å²) in [4.78, 5) is 0.903. The zero-order valence-electron chi connectivity index (χ0n) is 10.7. The number of benzene rings is 1. The summed E-state index contributed by atoms with van der Waals surface area (Å²) in [5, 5.41) is 0. The van der Waals surface area contributed by atoms with Gasteiger partial charge in [-0.05, 0) is 60.4 Å². The zero-order chi connectivity index (χ0) is 12.4. The van der Waals surface area contributed by atoms with E-state index in [1.165, 1.54) is 47.1 Å². The van der Waals surface area contributed by atoms with E-state index in [0.717, 1.165) is 11.3 Å². The Kier molecular flexibility index (Phi) is 3.78. The minimum Gasteiger partial charge on any atom is -0.143 e. The molecule has 0 aromatic heterocycles. The Bertz CT molecular complexity index is 481. The normalized spacial score (nSPS) is 17.0. The van der Waals surface area contributed by atoms with Gasteiger partial charge >= 0.3 is 0 Å². The van der Waals surface area contributed by atoms with Crippen LogP contribution in [0.3, 0.4) is 0 Å². The first-order valence-corrected chi connectivity index (χ1v) is 6.82. The maximum atomic E-state index is 4.50. The van der Waals surface area contributed by atoms with Crippen LogP contribution in [0.2, 0.25) is 0 Å². The van der Waals surface area contributed by atoms with E-state index in [9.17, 15) is 0 Å². The molecule has 0 atom stereocenters. The number of hydrogen-bond acceptors (Lipinski definition) is 1. The Morgan fingerprint density at radius 2 is 2.18 bits per heavy atom. The van der Waals surface area contributed by atoms with Crippen molar-refractivity contribution in [1.29, 1.82) is 0 Å². The SMILES string of the molecule is C=C(S)c1c(CC)ccc2c1/C(=C/C)CCC2. The quantitative estimate of drug-likeness (QED) is 0.704. The molecule has 0 saturated carbocycles. The molecular weight excluding hydrogens is 224 g/mol. The largest absolute Gasteiger partial charge is 0.143 e. The smallest absolute Gasteiger partial charge is 0.00495 e. The molecule has 0 radical (unpaired) electrons. The van der Waals surface area contributed by atoms with Gasteiger partial charge in [-0.25, -0.2) is 0 Å². The van der Waals surface area contributed by atoms with Gasteiger partial charge in [0.25, 0.3) is 0 Å². The van der Waals surface area contributed by atoms with Gasteiger partial charge in [0, 0.05) is 4.91 Å². The van der Waals surface area contributed by atoms with E-state index in [1.54, 1.807) is 0 Å². The molecule has 0 N–H and O–H groups in total. The Morgan fingerprint density at radius 3 is 2.76 bits per heavy atom. The highest BCUT2D eigenvalue weighted by Crippen LogP contribution is 2.38. The van der Waals surface area contributed by atoms with E-state index >= 15 is 0 Å². The Morgan fingerprint density at radius 1 is 1.41 bits per heavy atom. The Hall–Kier alpha value is -0.950. The summed E-state index contributed by atoms with van der Waals surface area (Å²) in [6.45, 7) is 8.38. The van der Waals surface area contributed by atoms with Crippen molar-refractivity contribution in [2.45, 2.75) is 39.5 Å². The molecule has 1 aromatic carbocycles. The van der Waals surface area contributed by atoms with Gasteiger partial charge in [0.05, 0.1) is 0 Å². The highest BCUT2D eigenvalue weighted by Gasteiger charge is 2.19. The third-order valence-corrected chi connectivity index (χ3v) is 3.83. The van der Waals surface area contributed by atoms with Gasteiger partial charge < -0.3 is 0 Å². The van der Waals surface area contributed by atoms with Crippen LogP contribution in [0.25, 0.3) is 10.5 Å². The van der Waals surface area contributed by atoms with Crippen molar-refractivity contribution < 1.29 is 0 Å². The fourth-order valence-electron chi connectivity index (χ4n) is 2.77. The molecule has 0 heterocycles. The highest BCUT2D eigenvalue weighted by atomic mass is 32.1. The maximum Gasteiger partial charge on any atom is 0.00495 e. The van der Waals surface area contributed by atoms with Gasteiger partial charge in [0.1, 0.15) is 0 Å². The molecule has 1 heteroatoms. The Balaban J connectivity index is 2.73. The predicted molar refractivity (Wildman–Crippen MR) is 80.4 cm³/mol. The topological polar surface area (TPSA) is 0 Å². The van der Waals surface area contributed by atoms with Crippen LogP contribution in [0.15, 0.2) is 24.8 Å². The lowest BCUT2D eigenvalue weighted by molar-refractivity contribution is 0.818. The van der Waals surface area contributed by atoms with Gasteiger partial charge in [-0.15, -0.1) is 12.6 Å². The van der Waals surface area contributed by atoms with Gasteiger partial charge in [-0.2, -0.15) is 0 Å². The van der Waals surface area contributed by atoms with Crippen LogP contribution in [0.4, 0.5) is 0 Å². The third kappa shape index (κ3) is 2.21. The van der Waals surface area contributed by atoms with Gasteiger partial charge in [-0.1, -0.05) is 31.7 Å². The third-order valence-electron chi connectivity index (χ3n) is 3.61. The molecule has 2 rings (SSSR count). The molecule has 0 spiro atoms. The minimum atomic E-state index is 0.903. The maximum absolute atomic E-state index is 4.50. The van der Waals surface area contributed by atoms with E-state index in [0.29, 0.717) is 0 Å². The van der Waals surface area contributed by atoms with Gasteiger partial charge in [0.2, 0.25) is 0 Å². The van der Waals surface area contributed by atoms with Crippen LogP contribution in [-0.4, -0.2) is 0 Å². The molecule has 0 bridgehead atoms. The van der Waals surface area contributed by atoms with Gasteiger partial charge in [0.15, 0.2) is 0 Å². The monoisotopic (exact) mass is 244 g/mol. The molecule has 1 aliphatic rings. The van der Waals surface area contributed by atoms with Crippen molar-refractivity contribution in [2.24, 2.45) is 0 Å². The summed E-state index contributed by atoms with van der Waals surface area (Å²) in [6.07, 6.45) is 6.92. The average Bonchev–Trinajstić information content (AvgIpc) is 2.36. The van der Waals surface area contributed by atoms with Crippen molar-refractivity contribution >= 4 is 23.1 Å². The van der Waals surface area contributed by atoms with E-state index in [-0.39, 0.29) is 0 Å². The molecule has 1 aromatic rings. The standard InChI is InChI=1S/C16H20S/c1-4-12-7-6-8-14-10-9-13(5-2)15(11(3)17)16(12)14/h4,9-10,17H,3,5-8H2,1-2H3/b12-4+. The fourth-order valence-corrected chi connectivity index (χ4v) is 3.03. The summed E-state index contributed by atoms with van der Waals surface area (Å²) >= 11 is 4.50. The van der Waals surface area contributed by atoms with Crippen LogP contribution in [-0.2, 0) is 12.8 Å². The summed E-state index contributed by atoms with van der Waals surface area (Å²) in [5.41, 5.74) is 6.99. The van der Waals surface area contributed by atoms with E-state index in [1.807, 2.05) is 0 Å². The summed E-state index contributed by atoms with van der Waals surface area (Å²) < 4.78 is 0. The summed E-state index contributed by atoms with van der Waals surface area (Å²) in [7, 11) is 0. The second-order valence-corrected chi connectivity index (χ2v) is 5.14. The number of allylic oxidation sites excluding steroid dienone is 2. The number of hydrogen-bond donors (Lipinski definition) is 1. The second-order valence-electron chi connectivity index (χ2n) is 4.60. The fraction of sp³-hybridized carbons (Fsp3) is 0.375. The van der Waals surface area contributed by atoms with Crippen molar-refractivity contribution in [1.82, 2.24) is 0 Å². The van der Waals surface area contributed by atoms with Crippen molar-refractivity contribution in [3.8, 4) is 0 Å². The van der Waals surface area contributed by atoms with E-state index in [4.69, 9.17) is 0 Å². The highest BCUT2D eigenvalue weighted by molar-refractivity contribution is 7.90. The molecule has 0 nitrogen and oxygen atoms in total. The Labute approximate surface area is 110 Å². The number of aryl methyl sites for hydroxylation is 2. The van der Waals surface area contributed by atoms with Gasteiger partial charge in [-0.3, -0.25) is 0 Å². The molecule has 0 amide bonds. The zero-order valence-corrected chi connectivity index (χ0v) is 11.6. The molecule has 0 saturated heterocycles. The molecule has 17 heavy (non-hydrogen) atoms. The molecule has 0 unspecified atom stereocenters. The van der Waals surface area contributed by atoms with E-state index in [2.05, 4.69) is 51.3 Å². The van der Waals surface area contributed by atoms with E-state index < -0.39 is 0 Å². The average molecular weight is 244 g/mol. The first-order valence-electron chi connectivity index (χ1n) is 6.37. The molecular formula is C16H20S. The van der Waals surface area contributed by atoms with Crippen LogP contribution in [0.1, 0.15) is 48.9 Å². The lowest BCUT2D eigenvalue weighted by atomic mass is 9.82. The molecule has 1 aliphatic carbocycles. The summed E-state index contributed by atoms with van der Waals surface area (Å²) in [6, 6.07) is 4.53. The minimum absolute atomic E-state index is 0.903. The number of fused-ring (bicyclic) bond motifs is 1. The molecule has 0 aliphatic heterocycles. The van der Waals surface area contributed by atoms with Crippen molar-refractivity contribution in [3.63, 3.8) is 0 Å². The van der Waals surface area contributed by atoms with Crippen LogP contribution >= 0.6 is 12.6 Å². The lowest BCUT2D eigenvalue weighted by Gasteiger charge is -2.24.